The van der Waals surface area contributed by atoms with Crippen LogP contribution in [-0.2, 0) is 11.3 Å². The first-order valence-corrected chi connectivity index (χ1v) is 12.8. The van der Waals surface area contributed by atoms with Crippen LogP contribution < -0.4 is 22.1 Å². The number of hydrogen-bond donors (Lipinski definition) is 4. The molecule has 1 fully saturated rings. The molecule has 6 N–H and O–H groups in total. The van der Waals surface area contributed by atoms with Gasteiger partial charge in [-0.15, -0.1) is 0 Å². The molecule has 0 unspecified atom stereocenters. The van der Waals surface area contributed by atoms with E-state index in [9.17, 15) is 9.59 Å². The van der Waals surface area contributed by atoms with Crippen LogP contribution in [0, 0.1) is 0 Å². The van der Waals surface area contributed by atoms with Crippen LogP contribution in [0.4, 0.5) is 5.69 Å². The van der Waals surface area contributed by atoms with Crippen LogP contribution in [0.2, 0.25) is 10.0 Å². The van der Waals surface area contributed by atoms with E-state index >= 15 is 0 Å². The Balaban J connectivity index is 1.42. The van der Waals surface area contributed by atoms with Crippen molar-refractivity contribution in [3.05, 3.63) is 86.9 Å². The van der Waals surface area contributed by atoms with E-state index in [1.807, 2.05) is 16.8 Å². The van der Waals surface area contributed by atoms with E-state index in [-0.39, 0.29) is 11.6 Å². The molecular formula is C26H31Cl2N7O2. The summed E-state index contributed by atoms with van der Waals surface area (Å²) in [5, 5.41) is 7.04. The molecule has 2 aromatic carbocycles. The molecule has 0 radical (unpaired) electrons. The molecule has 37 heavy (non-hydrogen) atoms. The second-order valence-corrected chi connectivity index (χ2v) is 9.95. The number of nitrogens with two attached hydrogens (primary N) is 2. The highest BCUT2D eigenvalue weighted by Gasteiger charge is 2.21. The normalized spacial score (nSPS) is 17.0. The van der Waals surface area contributed by atoms with Crippen LogP contribution in [0.3, 0.4) is 0 Å². The molecule has 0 bridgehead atoms. The number of allylic oxidation sites excluding steroid dienone is 1. The molecule has 2 aliphatic heterocycles. The molecule has 0 atom stereocenters. The topological polar surface area (TPSA) is 120 Å². The number of rotatable bonds is 6. The van der Waals surface area contributed by atoms with Gasteiger partial charge in [-0.1, -0.05) is 23.2 Å². The average molecular weight is 544 g/mol. The van der Waals surface area contributed by atoms with E-state index in [2.05, 4.69) is 15.5 Å². The summed E-state index contributed by atoms with van der Waals surface area (Å²) in [4.78, 5) is 31.6. The Bertz CT molecular complexity index is 1220. The SMILES string of the molecule is CN1CCN(C(=O)c2ccc(NC(=O)/C(N)=C/C3=C(N)NCCN3Cc3cc(Cl)ccc3Cl)cc2)CC1. The second kappa shape index (κ2) is 11.8. The van der Waals surface area contributed by atoms with Crippen LogP contribution in [0.5, 0.6) is 0 Å². The van der Waals surface area contributed by atoms with Crippen molar-refractivity contribution in [2.45, 2.75) is 6.54 Å². The summed E-state index contributed by atoms with van der Waals surface area (Å²) >= 11 is 12.5. The molecule has 196 valence electrons. The van der Waals surface area contributed by atoms with Gasteiger partial charge in [0.15, 0.2) is 0 Å². The molecule has 2 heterocycles. The fourth-order valence-electron chi connectivity index (χ4n) is 4.21. The number of likely N-dealkylation sites (N-methyl/N-ethyl adjacent to an activating group) is 1. The lowest BCUT2D eigenvalue weighted by Crippen LogP contribution is -2.47. The van der Waals surface area contributed by atoms with Gasteiger partial charge in [0.05, 0.1) is 11.4 Å². The van der Waals surface area contributed by atoms with Crippen LogP contribution in [0.25, 0.3) is 0 Å². The zero-order valence-electron chi connectivity index (χ0n) is 20.6. The van der Waals surface area contributed by atoms with Crippen molar-refractivity contribution >= 4 is 40.7 Å². The number of piperazine rings is 1. The van der Waals surface area contributed by atoms with Gasteiger partial charge in [-0.3, -0.25) is 9.59 Å². The molecular weight excluding hydrogens is 513 g/mol. The zero-order chi connectivity index (χ0) is 26.5. The van der Waals surface area contributed by atoms with Crippen molar-refractivity contribution in [1.29, 1.82) is 0 Å². The number of carbonyl (C=O) groups is 2. The lowest BCUT2D eigenvalue weighted by Gasteiger charge is -2.32. The van der Waals surface area contributed by atoms with Gasteiger partial charge in [0.1, 0.15) is 5.82 Å². The van der Waals surface area contributed by atoms with E-state index in [0.29, 0.717) is 65.5 Å². The van der Waals surface area contributed by atoms with Gasteiger partial charge in [-0.25, -0.2) is 0 Å². The standard InChI is InChI=1S/C26H31Cl2N7O2/c1-33-10-12-34(13-11-33)26(37)17-2-5-20(6-3-17)32-25(36)22(29)15-23-24(30)31-8-9-35(23)16-18-14-19(27)4-7-21(18)28/h2-7,14-15,31H,8-13,16,29-30H2,1H3,(H,32,36)/b22-15-. The maximum Gasteiger partial charge on any atom is 0.271 e. The quantitative estimate of drug-likeness (QED) is 0.413. The number of nitrogens with one attached hydrogen (secondary N) is 2. The Hall–Kier alpha value is -3.40. The largest absolute Gasteiger partial charge is 0.394 e. The molecule has 2 aromatic rings. The monoisotopic (exact) mass is 543 g/mol. The summed E-state index contributed by atoms with van der Waals surface area (Å²) in [6.45, 7) is 4.81. The smallest absolute Gasteiger partial charge is 0.271 e. The van der Waals surface area contributed by atoms with Crippen molar-refractivity contribution in [2.24, 2.45) is 11.5 Å². The van der Waals surface area contributed by atoms with Crippen LogP contribution >= 0.6 is 23.2 Å². The van der Waals surface area contributed by atoms with E-state index in [1.54, 1.807) is 48.5 Å². The maximum absolute atomic E-state index is 12.8. The third-order valence-electron chi connectivity index (χ3n) is 6.42. The summed E-state index contributed by atoms with van der Waals surface area (Å²) in [6, 6.07) is 12.1. The van der Waals surface area contributed by atoms with Crippen LogP contribution in [0.1, 0.15) is 15.9 Å². The molecule has 1 saturated heterocycles. The van der Waals surface area contributed by atoms with Gasteiger partial charge in [0, 0.05) is 67.1 Å². The Morgan fingerprint density at radius 3 is 2.46 bits per heavy atom. The van der Waals surface area contributed by atoms with Crippen molar-refractivity contribution < 1.29 is 9.59 Å². The number of amides is 2. The van der Waals surface area contributed by atoms with Crippen molar-refractivity contribution in [1.82, 2.24) is 20.0 Å². The maximum atomic E-state index is 12.8. The fourth-order valence-corrected chi connectivity index (χ4v) is 4.59. The van der Waals surface area contributed by atoms with Crippen molar-refractivity contribution in [3.8, 4) is 0 Å². The lowest BCUT2D eigenvalue weighted by atomic mass is 10.1. The number of benzene rings is 2. The highest BCUT2D eigenvalue weighted by atomic mass is 35.5. The molecule has 2 aliphatic rings. The number of hydrogen-bond acceptors (Lipinski definition) is 7. The Kier molecular flexibility index (Phi) is 8.48. The van der Waals surface area contributed by atoms with Gasteiger partial charge in [-0.05, 0) is 61.2 Å². The summed E-state index contributed by atoms with van der Waals surface area (Å²) in [5.41, 5.74) is 14.9. The molecule has 11 heteroatoms. The van der Waals surface area contributed by atoms with Crippen molar-refractivity contribution in [2.75, 3.05) is 51.6 Å². The predicted molar refractivity (Wildman–Crippen MR) is 147 cm³/mol. The van der Waals surface area contributed by atoms with E-state index in [4.69, 9.17) is 34.7 Å². The van der Waals surface area contributed by atoms with Gasteiger partial charge in [-0.2, -0.15) is 0 Å². The van der Waals surface area contributed by atoms with Gasteiger partial charge < -0.3 is 36.8 Å². The minimum Gasteiger partial charge on any atom is -0.394 e. The molecule has 0 spiro atoms. The summed E-state index contributed by atoms with van der Waals surface area (Å²) in [5.74, 6) is -0.0887. The lowest BCUT2D eigenvalue weighted by molar-refractivity contribution is -0.112. The van der Waals surface area contributed by atoms with Gasteiger partial charge >= 0.3 is 0 Å². The molecule has 0 saturated carbocycles. The summed E-state index contributed by atoms with van der Waals surface area (Å²) < 4.78 is 0. The highest BCUT2D eigenvalue weighted by molar-refractivity contribution is 6.33. The molecule has 0 aliphatic carbocycles. The molecule has 9 nitrogen and oxygen atoms in total. The van der Waals surface area contributed by atoms with E-state index in [1.165, 1.54) is 0 Å². The minimum atomic E-state index is -0.482. The van der Waals surface area contributed by atoms with Crippen LogP contribution in [0.15, 0.2) is 65.8 Å². The van der Waals surface area contributed by atoms with Gasteiger partial charge in [0.25, 0.3) is 11.8 Å². The van der Waals surface area contributed by atoms with Gasteiger partial charge in [0.2, 0.25) is 0 Å². The fraction of sp³-hybridized carbons (Fsp3) is 0.308. The molecule has 0 aromatic heterocycles. The van der Waals surface area contributed by atoms with E-state index < -0.39 is 5.91 Å². The Morgan fingerprint density at radius 1 is 1.05 bits per heavy atom. The highest BCUT2D eigenvalue weighted by Crippen LogP contribution is 2.25. The summed E-state index contributed by atoms with van der Waals surface area (Å²) in [7, 11) is 2.04. The summed E-state index contributed by atoms with van der Waals surface area (Å²) in [6.07, 6.45) is 1.54. The molecule has 4 rings (SSSR count). The number of carbonyl (C=O) groups excluding carboxylic acids is 2. The number of nitrogens with zero attached hydrogens (tertiary/aromatic N) is 3. The Morgan fingerprint density at radius 2 is 1.76 bits per heavy atom. The number of halogens is 2. The first-order chi connectivity index (χ1) is 17.7. The second-order valence-electron chi connectivity index (χ2n) is 9.11. The third-order valence-corrected chi connectivity index (χ3v) is 7.02. The van der Waals surface area contributed by atoms with Crippen LogP contribution in [-0.4, -0.2) is 72.8 Å². The Labute approximate surface area is 226 Å². The average Bonchev–Trinajstić information content (AvgIpc) is 2.88. The first kappa shape index (κ1) is 26.7. The zero-order valence-corrected chi connectivity index (χ0v) is 22.1. The molecule has 2 amide bonds. The first-order valence-electron chi connectivity index (χ1n) is 12.0. The number of anilines is 1. The van der Waals surface area contributed by atoms with Crippen molar-refractivity contribution in [3.63, 3.8) is 0 Å². The predicted octanol–water partition coefficient (Wildman–Crippen LogP) is 2.40. The van der Waals surface area contributed by atoms with E-state index in [0.717, 1.165) is 18.7 Å². The third kappa shape index (κ3) is 6.68. The minimum absolute atomic E-state index is 0.0126.